The first-order valence-electron chi connectivity index (χ1n) is 9.81. The van der Waals surface area contributed by atoms with E-state index in [4.69, 9.17) is 4.74 Å². The lowest BCUT2D eigenvalue weighted by Crippen LogP contribution is -2.27. The number of halogens is 4. The lowest BCUT2D eigenvalue weighted by Gasteiger charge is -2.15. The number of carbonyl (C=O) groups is 1. The predicted octanol–water partition coefficient (Wildman–Crippen LogP) is 3.70. The van der Waals surface area contributed by atoms with Crippen molar-refractivity contribution in [2.75, 3.05) is 11.9 Å². The van der Waals surface area contributed by atoms with E-state index in [1.54, 1.807) is 30.3 Å². The standard InChI is InChI=1S/C21H18F4N4O3/c22-15-10-14(19(30)26-13-6-2-1-3-7-13)17(32-12-21(23,24)25)11-16(15)29-20(31)28-9-5-4-8-18(28)27-29/h1-3,6-7,10-11H,4-5,8-9,12H2,(H,26,30). The third-order valence-electron chi connectivity index (χ3n) is 4.92. The van der Waals surface area contributed by atoms with Gasteiger partial charge in [-0.1, -0.05) is 18.2 Å². The highest BCUT2D eigenvalue weighted by atomic mass is 19.4. The zero-order valence-corrected chi connectivity index (χ0v) is 16.7. The van der Waals surface area contributed by atoms with Gasteiger partial charge in [0, 0.05) is 24.7 Å². The Kier molecular flexibility index (Phi) is 5.72. The van der Waals surface area contributed by atoms with E-state index in [0.29, 0.717) is 24.5 Å². The summed E-state index contributed by atoms with van der Waals surface area (Å²) in [4.78, 5) is 25.3. The van der Waals surface area contributed by atoms with E-state index in [1.807, 2.05) is 0 Å². The van der Waals surface area contributed by atoms with Crippen LogP contribution in [0.15, 0.2) is 47.3 Å². The molecular formula is C21H18F4N4O3. The molecule has 2 heterocycles. The summed E-state index contributed by atoms with van der Waals surface area (Å²) in [5.74, 6) is -1.93. The van der Waals surface area contributed by atoms with Gasteiger partial charge in [-0.3, -0.25) is 9.36 Å². The van der Waals surface area contributed by atoms with E-state index in [2.05, 4.69) is 10.4 Å². The maximum atomic E-state index is 15.0. The second-order valence-electron chi connectivity index (χ2n) is 7.24. The van der Waals surface area contributed by atoms with Crippen LogP contribution in [-0.4, -0.2) is 33.0 Å². The minimum Gasteiger partial charge on any atom is -0.483 e. The van der Waals surface area contributed by atoms with E-state index in [9.17, 15) is 27.2 Å². The predicted molar refractivity (Wildman–Crippen MR) is 107 cm³/mol. The van der Waals surface area contributed by atoms with Gasteiger partial charge in [0.05, 0.1) is 5.56 Å². The Balaban J connectivity index is 1.76. The van der Waals surface area contributed by atoms with E-state index >= 15 is 0 Å². The first-order valence-corrected chi connectivity index (χ1v) is 9.81. The smallest absolute Gasteiger partial charge is 0.422 e. The van der Waals surface area contributed by atoms with Gasteiger partial charge in [0.2, 0.25) is 0 Å². The van der Waals surface area contributed by atoms with Gasteiger partial charge in [0.25, 0.3) is 5.91 Å². The molecule has 3 aromatic rings. The van der Waals surface area contributed by atoms with Gasteiger partial charge in [0.1, 0.15) is 23.1 Å². The van der Waals surface area contributed by atoms with Gasteiger partial charge in [0.15, 0.2) is 6.61 Å². The molecule has 1 N–H and O–H groups in total. The van der Waals surface area contributed by atoms with Crippen LogP contribution in [0, 0.1) is 5.82 Å². The minimum atomic E-state index is -4.69. The Labute approximate surface area is 179 Å². The molecule has 168 valence electrons. The Morgan fingerprint density at radius 3 is 2.59 bits per heavy atom. The topological polar surface area (TPSA) is 78.2 Å². The summed E-state index contributed by atoms with van der Waals surface area (Å²) >= 11 is 0. The molecule has 7 nitrogen and oxygen atoms in total. The van der Waals surface area contributed by atoms with Crippen LogP contribution in [0.4, 0.5) is 23.2 Å². The summed E-state index contributed by atoms with van der Waals surface area (Å²) in [6.07, 6.45) is -2.58. The maximum absolute atomic E-state index is 15.0. The number of nitrogens with one attached hydrogen (secondary N) is 1. The Morgan fingerprint density at radius 2 is 1.91 bits per heavy atom. The summed E-state index contributed by atoms with van der Waals surface area (Å²) in [5.41, 5.74) is -1.09. The molecule has 0 bridgehead atoms. The molecule has 0 saturated heterocycles. The number of para-hydroxylation sites is 1. The minimum absolute atomic E-state index is 0.363. The molecule has 11 heteroatoms. The van der Waals surface area contributed by atoms with Crippen molar-refractivity contribution in [1.29, 1.82) is 0 Å². The number of ether oxygens (including phenoxy) is 1. The van der Waals surface area contributed by atoms with Crippen molar-refractivity contribution in [2.45, 2.75) is 32.0 Å². The molecule has 0 radical (unpaired) electrons. The van der Waals surface area contributed by atoms with Gasteiger partial charge in [-0.25, -0.2) is 9.18 Å². The van der Waals surface area contributed by atoms with Crippen molar-refractivity contribution in [3.63, 3.8) is 0 Å². The molecule has 0 saturated carbocycles. The molecule has 0 fully saturated rings. The molecule has 1 aliphatic heterocycles. The molecule has 0 atom stereocenters. The molecule has 1 aliphatic rings. The number of rotatable bonds is 5. The molecule has 32 heavy (non-hydrogen) atoms. The lowest BCUT2D eigenvalue weighted by molar-refractivity contribution is -0.153. The number of carbonyl (C=O) groups excluding carboxylic acids is 1. The summed E-state index contributed by atoms with van der Waals surface area (Å²) in [6, 6.07) is 9.76. The van der Waals surface area contributed by atoms with Crippen molar-refractivity contribution in [3.05, 3.63) is 70.2 Å². The van der Waals surface area contributed by atoms with Crippen LogP contribution in [0.1, 0.15) is 29.0 Å². The third-order valence-corrected chi connectivity index (χ3v) is 4.92. The fourth-order valence-electron chi connectivity index (χ4n) is 3.44. The van der Waals surface area contributed by atoms with Crippen LogP contribution in [0.5, 0.6) is 5.75 Å². The van der Waals surface area contributed by atoms with Crippen LogP contribution < -0.4 is 15.7 Å². The SMILES string of the molecule is O=C(Nc1ccccc1)c1cc(F)c(-n2nc3n(c2=O)CCCC3)cc1OCC(F)(F)F. The number of alkyl halides is 3. The number of hydrogen-bond donors (Lipinski definition) is 1. The van der Waals surface area contributed by atoms with Crippen LogP contribution in [0.25, 0.3) is 5.69 Å². The first kappa shape index (κ1) is 21.6. The number of hydrogen-bond acceptors (Lipinski definition) is 4. The lowest BCUT2D eigenvalue weighted by atomic mass is 10.1. The van der Waals surface area contributed by atoms with Crippen LogP contribution in [0.2, 0.25) is 0 Å². The van der Waals surface area contributed by atoms with Gasteiger partial charge in [-0.05, 0) is 31.0 Å². The average Bonchev–Trinajstić information content (AvgIpc) is 3.09. The Morgan fingerprint density at radius 1 is 1.16 bits per heavy atom. The first-order chi connectivity index (χ1) is 15.2. The fourth-order valence-corrected chi connectivity index (χ4v) is 3.44. The number of aromatic nitrogens is 3. The van der Waals surface area contributed by atoms with E-state index in [0.717, 1.165) is 29.7 Å². The zero-order valence-electron chi connectivity index (χ0n) is 16.7. The van der Waals surface area contributed by atoms with E-state index in [-0.39, 0.29) is 0 Å². The Hall–Kier alpha value is -3.63. The second kappa shape index (κ2) is 8.48. The monoisotopic (exact) mass is 450 g/mol. The molecule has 1 amide bonds. The number of anilines is 1. The number of aryl methyl sites for hydroxylation is 1. The van der Waals surface area contributed by atoms with Crippen LogP contribution in [-0.2, 0) is 13.0 Å². The summed E-state index contributed by atoms with van der Waals surface area (Å²) in [5, 5.41) is 6.60. The number of benzene rings is 2. The highest BCUT2D eigenvalue weighted by molar-refractivity contribution is 6.06. The van der Waals surface area contributed by atoms with E-state index < -0.39 is 47.2 Å². The summed E-state index contributed by atoms with van der Waals surface area (Å²) < 4.78 is 60.3. The Bertz CT molecular complexity index is 1200. The van der Waals surface area contributed by atoms with Crippen molar-refractivity contribution >= 4 is 11.6 Å². The van der Waals surface area contributed by atoms with Gasteiger partial charge < -0.3 is 10.1 Å². The van der Waals surface area contributed by atoms with Gasteiger partial charge >= 0.3 is 11.9 Å². The fraction of sp³-hybridized carbons (Fsp3) is 0.286. The van der Waals surface area contributed by atoms with E-state index in [1.165, 1.54) is 4.57 Å². The summed E-state index contributed by atoms with van der Waals surface area (Å²) in [6.45, 7) is -1.27. The highest BCUT2D eigenvalue weighted by Gasteiger charge is 2.30. The van der Waals surface area contributed by atoms with Gasteiger partial charge in [-0.15, -0.1) is 5.10 Å². The van der Waals surface area contributed by atoms with Crippen LogP contribution in [0.3, 0.4) is 0 Å². The summed E-state index contributed by atoms with van der Waals surface area (Å²) in [7, 11) is 0. The van der Waals surface area contributed by atoms with Gasteiger partial charge in [-0.2, -0.15) is 17.9 Å². The molecule has 1 aromatic heterocycles. The van der Waals surface area contributed by atoms with Crippen molar-refractivity contribution in [3.8, 4) is 11.4 Å². The van der Waals surface area contributed by atoms with Crippen molar-refractivity contribution in [1.82, 2.24) is 14.3 Å². The van der Waals surface area contributed by atoms with Crippen LogP contribution >= 0.6 is 0 Å². The molecular weight excluding hydrogens is 432 g/mol. The highest BCUT2D eigenvalue weighted by Crippen LogP contribution is 2.28. The number of fused-ring (bicyclic) bond motifs is 1. The molecule has 0 unspecified atom stereocenters. The molecule has 0 spiro atoms. The number of nitrogens with zero attached hydrogens (tertiary/aromatic N) is 3. The second-order valence-corrected chi connectivity index (χ2v) is 7.24. The average molecular weight is 450 g/mol. The molecule has 0 aliphatic carbocycles. The maximum Gasteiger partial charge on any atom is 0.422 e. The largest absolute Gasteiger partial charge is 0.483 e. The quantitative estimate of drug-likeness (QED) is 0.602. The van der Waals surface area contributed by atoms with Crippen molar-refractivity contribution < 1.29 is 27.1 Å². The third kappa shape index (κ3) is 4.51. The van der Waals surface area contributed by atoms with Crippen molar-refractivity contribution in [2.24, 2.45) is 0 Å². The zero-order chi connectivity index (χ0) is 22.9. The molecule has 4 rings (SSSR count). The normalized spacial score (nSPS) is 13.5. The molecule has 2 aromatic carbocycles. The number of amides is 1.